The lowest BCUT2D eigenvalue weighted by Gasteiger charge is -2.05. The second kappa shape index (κ2) is 7.40. The van der Waals surface area contributed by atoms with Gasteiger partial charge >= 0.3 is 5.97 Å². The number of H-pyrrole nitrogens is 1. The molecule has 2 heterocycles. The van der Waals surface area contributed by atoms with Crippen molar-refractivity contribution in [2.45, 2.75) is 39.4 Å². The van der Waals surface area contributed by atoms with Crippen LogP contribution in [0, 0.1) is 13.8 Å². The Labute approximate surface area is 138 Å². The Kier molecular flexibility index (Phi) is 5.54. The van der Waals surface area contributed by atoms with Gasteiger partial charge in [0.25, 0.3) is 0 Å². The third-order valence-electron chi connectivity index (χ3n) is 3.26. The van der Waals surface area contributed by atoms with E-state index in [1.807, 2.05) is 6.92 Å². The van der Waals surface area contributed by atoms with Crippen molar-refractivity contribution in [1.29, 1.82) is 0 Å². The first kappa shape index (κ1) is 17.2. The first-order valence-corrected chi connectivity index (χ1v) is 8.26. The summed E-state index contributed by atoms with van der Waals surface area (Å²) in [5.74, 6) is -0.503. The Hall–Kier alpha value is -2.16. The van der Waals surface area contributed by atoms with Crippen molar-refractivity contribution in [2.75, 3.05) is 12.4 Å². The number of aryl methyl sites for hydroxylation is 3. The Bertz CT molecular complexity index is 722. The molecular formula is C14H19N5O3S. The molecule has 0 aliphatic rings. The highest BCUT2D eigenvalue weighted by Crippen LogP contribution is 2.23. The summed E-state index contributed by atoms with van der Waals surface area (Å²) in [4.78, 5) is 27.7. The molecule has 0 spiro atoms. The maximum Gasteiger partial charge on any atom is 0.340 e. The van der Waals surface area contributed by atoms with Crippen molar-refractivity contribution in [3.05, 3.63) is 22.5 Å². The minimum atomic E-state index is -0.485. The molecule has 8 nitrogen and oxygen atoms in total. The van der Waals surface area contributed by atoms with E-state index in [-0.39, 0.29) is 18.1 Å². The summed E-state index contributed by atoms with van der Waals surface area (Å²) in [6.45, 7) is 8.05. The Morgan fingerprint density at radius 1 is 1.22 bits per heavy atom. The topological polar surface area (TPSA) is 103 Å². The van der Waals surface area contributed by atoms with Crippen LogP contribution >= 0.6 is 11.8 Å². The number of esters is 1. The van der Waals surface area contributed by atoms with E-state index < -0.39 is 5.97 Å². The first-order chi connectivity index (χ1) is 11.0. The molecular weight excluding hydrogens is 318 g/mol. The van der Waals surface area contributed by atoms with Crippen LogP contribution in [0.3, 0.4) is 0 Å². The average Bonchev–Trinajstić information content (AvgIpc) is 3.08. The van der Waals surface area contributed by atoms with Crippen molar-refractivity contribution in [2.24, 2.45) is 0 Å². The molecule has 0 radical (unpaired) electrons. The smallest absolute Gasteiger partial charge is 0.340 e. The second-order valence-electron chi connectivity index (χ2n) is 4.83. The lowest BCUT2D eigenvalue weighted by Crippen LogP contribution is -2.13. The van der Waals surface area contributed by atoms with Crippen LogP contribution < -0.4 is 0 Å². The van der Waals surface area contributed by atoms with Crippen LogP contribution in [0.15, 0.2) is 5.16 Å². The van der Waals surface area contributed by atoms with Gasteiger partial charge in [-0.05, 0) is 38.1 Å². The van der Waals surface area contributed by atoms with Gasteiger partial charge in [0.05, 0.1) is 23.5 Å². The van der Waals surface area contributed by atoms with Gasteiger partial charge in [-0.1, -0.05) is 11.8 Å². The molecule has 2 rings (SSSR count). The van der Waals surface area contributed by atoms with Gasteiger partial charge in [0.1, 0.15) is 0 Å². The molecule has 0 aliphatic carbocycles. The number of ketones is 1. The number of hydrogen-bond donors (Lipinski definition) is 1. The predicted octanol–water partition coefficient (Wildman–Crippen LogP) is 1.79. The number of tetrazole rings is 1. The highest BCUT2D eigenvalue weighted by atomic mass is 32.2. The van der Waals surface area contributed by atoms with Crippen LogP contribution in [-0.2, 0) is 11.3 Å². The minimum Gasteiger partial charge on any atom is -0.462 e. The molecule has 0 atom stereocenters. The largest absolute Gasteiger partial charge is 0.462 e. The molecule has 9 heteroatoms. The number of hydrogen-bond acceptors (Lipinski definition) is 7. The fourth-order valence-corrected chi connectivity index (χ4v) is 3.10. The van der Waals surface area contributed by atoms with E-state index >= 15 is 0 Å². The number of aromatic nitrogens is 5. The zero-order valence-electron chi connectivity index (χ0n) is 13.5. The molecule has 23 heavy (non-hydrogen) atoms. The summed E-state index contributed by atoms with van der Waals surface area (Å²) in [5, 5.41) is 11.9. The van der Waals surface area contributed by atoms with Crippen LogP contribution in [-0.4, -0.2) is 49.3 Å². The molecule has 2 aromatic rings. The number of carbonyl (C=O) groups excluding carboxylic acids is 2. The zero-order chi connectivity index (χ0) is 17.0. The third-order valence-corrected chi connectivity index (χ3v) is 4.22. The van der Waals surface area contributed by atoms with E-state index in [9.17, 15) is 9.59 Å². The Morgan fingerprint density at radius 3 is 2.57 bits per heavy atom. The number of carbonyl (C=O) groups is 2. The molecule has 0 aromatic carbocycles. The first-order valence-electron chi connectivity index (χ1n) is 7.28. The van der Waals surface area contributed by atoms with E-state index in [0.717, 1.165) is 0 Å². The SMILES string of the molecule is CCOC(=O)c1c(C)[nH]c(C)c1C(=O)CSc1nnnn1CC. The number of thioether (sulfide) groups is 1. The van der Waals surface area contributed by atoms with Gasteiger partial charge in [0.2, 0.25) is 5.16 Å². The normalized spacial score (nSPS) is 10.8. The quantitative estimate of drug-likeness (QED) is 0.467. The van der Waals surface area contributed by atoms with Gasteiger partial charge in [0, 0.05) is 17.9 Å². The van der Waals surface area contributed by atoms with Gasteiger partial charge in [-0.15, -0.1) is 5.10 Å². The number of ether oxygens (including phenoxy) is 1. The minimum absolute atomic E-state index is 0.144. The van der Waals surface area contributed by atoms with Crippen LogP contribution in [0.4, 0.5) is 0 Å². The third kappa shape index (κ3) is 3.61. The summed E-state index contributed by atoms with van der Waals surface area (Å²) in [6, 6.07) is 0. The van der Waals surface area contributed by atoms with Gasteiger partial charge in [-0.25, -0.2) is 9.48 Å². The summed E-state index contributed by atoms with van der Waals surface area (Å²) in [6.07, 6.45) is 0. The van der Waals surface area contributed by atoms with Crippen molar-refractivity contribution >= 4 is 23.5 Å². The molecule has 0 saturated carbocycles. The maximum atomic E-state index is 12.6. The van der Waals surface area contributed by atoms with Gasteiger partial charge in [-0.3, -0.25) is 4.79 Å². The van der Waals surface area contributed by atoms with Gasteiger partial charge in [0.15, 0.2) is 5.78 Å². The molecule has 1 N–H and O–H groups in total. The monoisotopic (exact) mass is 337 g/mol. The molecule has 0 bridgehead atoms. The predicted molar refractivity (Wildman–Crippen MR) is 84.8 cm³/mol. The van der Waals surface area contributed by atoms with E-state index in [1.165, 1.54) is 11.8 Å². The number of aromatic amines is 1. The highest BCUT2D eigenvalue weighted by Gasteiger charge is 2.25. The molecule has 2 aromatic heterocycles. The van der Waals surface area contributed by atoms with Crippen LogP contribution in [0.5, 0.6) is 0 Å². The summed E-state index contributed by atoms with van der Waals surface area (Å²) in [5.41, 5.74) is 1.98. The molecule has 124 valence electrons. The molecule has 0 saturated heterocycles. The lowest BCUT2D eigenvalue weighted by molar-refractivity contribution is 0.0522. The van der Waals surface area contributed by atoms with Gasteiger partial charge in [-0.2, -0.15) is 0 Å². The van der Waals surface area contributed by atoms with Crippen molar-refractivity contribution in [3.8, 4) is 0 Å². The number of nitrogens with one attached hydrogen (secondary N) is 1. The Balaban J connectivity index is 2.20. The summed E-state index contributed by atoms with van der Waals surface area (Å²) < 4.78 is 6.66. The Morgan fingerprint density at radius 2 is 1.91 bits per heavy atom. The van der Waals surface area contributed by atoms with E-state index in [2.05, 4.69) is 20.5 Å². The van der Waals surface area contributed by atoms with E-state index in [0.29, 0.717) is 34.2 Å². The van der Waals surface area contributed by atoms with E-state index in [1.54, 1.807) is 25.5 Å². The molecule has 0 aliphatic heterocycles. The second-order valence-corrected chi connectivity index (χ2v) is 5.78. The average molecular weight is 337 g/mol. The number of nitrogens with zero attached hydrogens (tertiary/aromatic N) is 4. The van der Waals surface area contributed by atoms with Crippen LogP contribution in [0.25, 0.3) is 0 Å². The van der Waals surface area contributed by atoms with Crippen molar-refractivity contribution in [3.63, 3.8) is 0 Å². The molecule has 0 amide bonds. The molecule has 0 unspecified atom stereocenters. The van der Waals surface area contributed by atoms with Crippen LogP contribution in [0.1, 0.15) is 46.0 Å². The lowest BCUT2D eigenvalue weighted by atomic mass is 10.1. The van der Waals surface area contributed by atoms with Gasteiger partial charge < -0.3 is 9.72 Å². The fourth-order valence-electron chi connectivity index (χ4n) is 2.29. The van der Waals surface area contributed by atoms with Crippen molar-refractivity contribution in [1.82, 2.24) is 25.2 Å². The maximum absolute atomic E-state index is 12.6. The number of rotatable bonds is 7. The number of Topliss-reactive ketones (excluding diaryl/α,β-unsaturated/α-hetero) is 1. The highest BCUT2D eigenvalue weighted by molar-refractivity contribution is 7.99. The fraction of sp³-hybridized carbons (Fsp3) is 0.500. The summed E-state index contributed by atoms with van der Waals surface area (Å²) >= 11 is 1.24. The van der Waals surface area contributed by atoms with E-state index in [4.69, 9.17) is 4.74 Å². The van der Waals surface area contributed by atoms with Crippen LogP contribution in [0.2, 0.25) is 0 Å². The zero-order valence-corrected chi connectivity index (χ0v) is 14.4. The van der Waals surface area contributed by atoms with Crippen molar-refractivity contribution < 1.29 is 14.3 Å². The summed E-state index contributed by atoms with van der Waals surface area (Å²) in [7, 11) is 0. The molecule has 0 fully saturated rings. The standard InChI is InChI=1S/C14H19N5O3S/c1-5-19-14(16-17-18-19)23-7-10(20)11-8(3)15-9(4)12(11)13(21)22-6-2/h15H,5-7H2,1-4H3.